The average molecular weight is 246 g/mol. The Labute approximate surface area is 109 Å². The zero-order valence-corrected chi connectivity index (χ0v) is 11.7. The summed E-state index contributed by atoms with van der Waals surface area (Å²) in [5.74, 6) is 0.211. The lowest BCUT2D eigenvalue weighted by Crippen LogP contribution is -2.31. The van der Waals surface area contributed by atoms with Gasteiger partial charge in [0.15, 0.2) is 0 Å². The molecule has 1 heterocycles. The van der Waals surface area contributed by atoms with E-state index in [2.05, 4.69) is 44.3 Å². The van der Waals surface area contributed by atoms with Gasteiger partial charge in [0.25, 0.3) is 0 Å². The van der Waals surface area contributed by atoms with Gasteiger partial charge in [0.1, 0.15) is 6.17 Å². The number of hydrogen-bond acceptors (Lipinski definition) is 2. The molecule has 0 aromatic heterocycles. The van der Waals surface area contributed by atoms with Crippen molar-refractivity contribution in [2.75, 3.05) is 6.54 Å². The predicted octanol–water partition coefficient (Wildman–Crippen LogP) is 2.53. The maximum Gasteiger partial charge on any atom is 0.241 e. The second-order valence-electron chi connectivity index (χ2n) is 5.18. The lowest BCUT2D eigenvalue weighted by atomic mass is 10.0. The summed E-state index contributed by atoms with van der Waals surface area (Å²) in [6.07, 6.45) is 1.02. The van der Waals surface area contributed by atoms with Gasteiger partial charge in [0.05, 0.1) is 6.04 Å². The smallest absolute Gasteiger partial charge is 0.241 e. The van der Waals surface area contributed by atoms with Gasteiger partial charge < -0.3 is 4.90 Å². The molecule has 2 atom stereocenters. The highest BCUT2D eigenvalue weighted by Crippen LogP contribution is 2.28. The first kappa shape index (κ1) is 13.1. The molecule has 2 rings (SSSR count). The molecule has 1 saturated heterocycles. The fourth-order valence-corrected chi connectivity index (χ4v) is 2.57. The predicted molar refractivity (Wildman–Crippen MR) is 73.3 cm³/mol. The molecule has 98 valence electrons. The Balaban J connectivity index is 2.36. The Morgan fingerprint density at radius 1 is 1.33 bits per heavy atom. The molecule has 18 heavy (non-hydrogen) atoms. The van der Waals surface area contributed by atoms with E-state index in [1.54, 1.807) is 0 Å². The highest BCUT2D eigenvalue weighted by Gasteiger charge is 2.36. The molecule has 0 spiro atoms. The number of carbonyl (C=O) groups is 1. The minimum absolute atomic E-state index is 0.0346. The molecule has 1 fully saturated rings. The third kappa shape index (κ3) is 2.27. The molecule has 0 saturated carbocycles. The largest absolute Gasteiger partial charge is 0.322 e. The zero-order valence-electron chi connectivity index (χ0n) is 11.7. The molecule has 1 aliphatic rings. The van der Waals surface area contributed by atoms with Crippen molar-refractivity contribution in [1.82, 2.24) is 10.2 Å². The van der Waals surface area contributed by atoms with E-state index < -0.39 is 0 Å². The highest BCUT2D eigenvalue weighted by atomic mass is 16.2. The number of benzene rings is 1. The fourth-order valence-electron chi connectivity index (χ4n) is 2.57. The van der Waals surface area contributed by atoms with Crippen LogP contribution in [0.2, 0.25) is 0 Å². The molecule has 3 heteroatoms. The topological polar surface area (TPSA) is 32.3 Å². The van der Waals surface area contributed by atoms with Gasteiger partial charge in [0.2, 0.25) is 5.91 Å². The molecule has 1 aliphatic heterocycles. The fraction of sp³-hybridized carbons (Fsp3) is 0.533. The van der Waals surface area contributed by atoms with Crippen LogP contribution in [0.15, 0.2) is 18.2 Å². The third-order valence-electron chi connectivity index (χ3n) is 3.57. The van der Waals surface area contributed by atoms with Crippen LogP contribution in [-0.4, -0.2) is 23.4 Å². The van der Waals surface area contributed by atoms with Crippen LogP contribution in [0.5, 0.6) is 0 Å². The summed E-state index contributed by atoms with van der Waals surface area (Å²) in [5.41, 5.74) is 3.70. The van der Waals surface area contributed by atoms with Gasteiger partial charge in [-0.2, -0.15) is 0 Å². The molecule has 1 aromatic rings. The summed E-state index contributed by atoms with van der Waals surface area (Å²) in [5, 5.41) is 3.40. The Bertz CT molecular complexity index is 456. The number of carbonyl (C=O) groups excluding carboxylic acids is 1. The van der Waals surface area contributed by atoms with Crippen LogP contribution >= 0.6 is 0 Å². The first-order valence-corrected chi connectivity index (χ1v) is 6.68. The Kier molecular flexibility index (Phi) is 3.71. The molecule has 1 aromatic carbocycles. The first-order valence-electron chi connectivity index (χ1n) is 6.68. The van der Waals surface area contributed by atoms with Gasteiger partial charge in [-0.25, -0.2) is 0 Å². The van der Waals surface area contributed by atoms with Crippen LogP contribution in [0.4, 0.5) is 0 Å². The molecule has 0 radical (unpaired) electrons. The van der Waals surface area contributed by atoms with E-state index in [-0.39, 0.29) is 18.1 Å². The monoisotopic (exact) mass is 246 g/mol. The van der Waals surface area contributed by atoms with Crippen molar-refractivity contribution < 1.29 is 4.79 Å². The molecular formula is C15H22N2O. The SMILES string of the molecule is CCCN1C(=O)C(C)NC1c1cc(C)ccc1C. The third-order valence-corrected chi connectivity index (χ3v) is 3.57. The summed E-state index contributed by atoms with van der Waals surface area (Å²) in [4.78, 5) is 14.1. The van der Waals surface area contributed by atoms with E-state index in [4.69, 9.17) is 0 Å². The van der Waals surface area contributed by atoms with Crippen molar-refractivity contribution >= 4 is 5.91 Å². The van der Waals surface area contributed by atoms with Gasteiger partial charge in [-0.3, -0.25) is 10.1 Å². The zero-order chi connectivity index (χ0) is 13.3. The summed E-state index contributed by atoms with van der Waals surface area (Å²) >= 11 is 0. The molecule has 0 aliphatic carbocycles. The molecular weight excluding hydrogens is 224 g/mol. The Morgan fingerprint density at radius 2 is 2.06 bits per heavy atom. The number of nitrogens with one attached hydrogen (secondary N) is 1. The van der Waals surface area contributed by atoms with E-state index in [0.717, 1.165) is 13.0 Å². The van der Waals surface area contributed by atoms with Gasteiger partial charge in [-0.1, -0.05) is 30.7 Å². The number of nitrogens with zero attached hydrogens (tertiary/aromatic N) is 1. The summed E-state index contributed by atoms with van der Waals surface area (Å²) in [6.45, 7) is 9.06. The van der Waals surface area contributed by atoms with Crippen LogP contribution in [-0.2, 0) is 4.79 Å². The van der Waals surface area contributed by atoms with E-state index in [0.29, 0.717) is 0 Å². The maximum atomic E-state index is 12.1. The van der Waals surface area contributed by atoms with E-state index >= 15 is 0 Å². The average Bonchev–Trinajstić information content (AvgIpc) is 2.61. The number of hydrogen-bond donors (Lipinski definition) is 1. The van der Waals surface area contributed by atoms with Crippen LogP contribution in [0.25, 0.3) is 0 Å². The van der Waals surface area contributed by atoms with Crippen LogP contribution in [0.1, 0.15) is 43.1 Å². The number of aryl methyl sites for hydroxylation is 2. The van der Waals surface area contributed by atoms with Crippen molar-refractivity contribution in [3.63, 3.8) is 0 Å². The standard InChI is InChI=1S/C15H22N2O/c1-5-8-17-14(16-12(4)15(17)18)13-9-10(2)6-7-11(13)3/h6-7,9,12,14,16H,5,8H2,1-4H3. The normalized spacial score (nSPS) is 23.8. The minimum Gasteiger partial charge on any atom is -0.322 e. The lowest BCUT2D eigenvalue weighted by Gasteiger charge is -2.25. The van der Waals surface area contributed by atoms with Crippen molar-refractivity contribution in [3.05, 3.63) is 34.9 Å². The maximum absolute atomic E-state index is 12.1. The van der Waals surface area contributed by atoms with Gasteiger partial charge >= 0.3 is 0 Å². The van der Waals surface area contributed by atoms with Crippen molar-refractivity contribution in [2.24, 2.45) is 0 Å². The van der Waals surface area contributed by atoms with E-state index in [1.807, 2.05) is 11.8 Å². The summed E-state index contributed by atoms with van der Waals surface area (Å²) in [7, 11) is 0. The van der Waals surface area contributed by atoms with Crippen LogP contribution in [0, 0.1) is 13.8 Å². The summed E-state index contributed by atoms with van der Waals surface area (Å²) < 4.78 is 0. The Hall–Kier alpha value is -1.35. The quantitative estimate of drug-likeness (QED) is 0.889. The molecule has 0 bridgehead atoms. The molecule has 1 amide bonds. The van der Waals surface area contributed by atoms with Crippen molar-refractivity contribution in [3.8, 4) is 0 Å². The summed E-state index contributed by atoms with van der Waals surface area (Å²) in [6, 6.07) is 6.34. The number of rotatable bonds is 3. The highest BCUT2D eigenvalue weighted by molar-refractivity contribution is 5.84. The second kappa shape index (κ2) is 5.11. The van der Waals surface area contributed by atoms with Crippen LogP contribution < -0.4 is 5.32 Å². The molecule has 1 N–H and O–H groups in total. The van der Waals surface area contributed by atoms with Crippen molar-refractivity contribution in [1.29, 1.82) is 0 Å². The first-order chi connectivity index (χ1) is 8.54. The molecule has 2 unspecified atom stereocenters. The van der Waals surface area contributed by atoms with Crippen LogP contribution in [0.3, 0.4) is 0 Å². The lowest BCUT2D eigenvalue weighted by molar-refractivity contribution is -0.129. The van der Waals surface area contributed by atoms with E-state index in [9.17, 15) is 4.79 Å². The van der Waals surface area contributed by atoms with E-state index in [1.165, 1.54) is 16.7 Å². The van der Waals surface area contributed by atoms with Gasteiger partial charge in [-0.15, -0.1) is 0 Å². The van der Waals surface area contributed by atoms with Crippen molar-refractivity contribution in [2.45, 2.75) is 46.3 Å². The second-order valence-corrected chi connectivity index (χ2v) is 5.18. The van der Waals surface area contributed by atoms with Gasteiger partial charge in [-0.05, 0) is 38.3 Å². The Morgan fingerprint density at radius 3 is 2.72 bits per heavy atom. The minimum atomic E-state index is -0.0820. The number of amides is 1. The van der Waals surface area contributed by atoms with Gasteiger partial charge in [0, 0.05) is 6.54 Å². The molecule has 3 nitrogen and oxygen atoms in total.